The van der Waals surface area contributed by atoms with Crippen LogP contribution >= 0.6 is 15.9 Å². The minimum atomic E-state index is -3.82. The van der Waals surface area contributed by atoms with Crippen molar-refractivity contribution in [1.82, 2.24) is 9.97 Å². The number of aryl methyl sites for hydroxylation is 3. The number of anilines is 2. The van der Waals surface area contributed by atoms with E-state index in [1.54, 1.807) is 32.0 Å². The number of nitrogens with one attached hydrogen (secondary N) is 2. The Kier molecular flexibility index (Phi) is 8.62. The van der Waals surface area contributed by atoms with Crippen LogP contribution in [0.15, 0.2) is 57.9 Å². The minimum Gasteiger partial charge on any atom is -0.492 e. The number of hydrogen-bond acceptors (Lipinski definition) is 6. The molecule has 0 spiro atoms. The molecular formula is C24H27BrN4O4S. The van der Waals surface area contributed by atoms with Gasteiger partial charge >= 0.3 is 0 Å². The number of hydrogen-bond donors (Lipinski definition) is 2. The van der Waals surface area contributed by atoms with Gasteiger partial charge in [-0.15, -0.1) is 0 Å². The van der Waals surface area contributed by atoms with Crippen molar-refractivity contribution in [2.45, 2.75) is 44.9 Å². The van der Waals surface area contributed by atoms with Gasteiger partial charge in [-0.05, 0) is 84.6 Å². The molecule has 0 radical (unpaired) electrons. The third-order valence-electron chi connectivity index (χ3n) is 4.86. The molecule has 8 nitrogen and oxygen atoms in total. The summed E-state index contributed by atoms with van der Waals surface area (Å²) < 4.78 is 34.4. The standard InChI is InChI=1S/C24H27BrN4O4S/c1-4-18-7-12-22(21(25)15-18)33-13-5-6-24(30)28-19-8-10-20(11-9-19)34(31,32)29-23-14-16(2)26-17(3)27-23/h7-12,14-15H,4-6,13H2,1-3H3,(H,28,30)(H,26,27,29). The molecule has 0 atom stereocenters. The summed E-state index contributed by atoms with van der Waals surface area (Å²) in [7, 11) is -3.82. The zero-order chi connectivity index (χ0) is 24.7. The second-order valence-corrected chi connectivity index (χ2v) is 10.2. The second kappa shape index (κ2) is 11.4. The highest BCUT2D eigenvalue weighted by atomic mass is 79.9. The Labute approximate surface area is 208 Å². The van der Waals surface area contributed by atoms with Crippen LogP contribution in [0.5, 0.6) is 5.75 Å². The van der Waals surface area contributed by atoms with Gasteiger partial charge in [0, 0.05) is 23.9 Å². The van der Waals surface area contributed by atoms with E-state index in [1.807, 2.05) is 18.2 Å². The lowest BCUT2D eigenvalue weighted by atomic mass is 10.2. The molecule has 0 aliphatic rings. The Hall–Kier alpha value is -2.98. The molecule has 0 aliphatic heterocycles. The number of rotatable bonds is 10. The van der Waals surface area contributed by atoms with E-state index in [0.29, 0.717) is 30.2 Å². The smallest absolute Gasteiger partial charge is 0.263 e. The van der Waals surface area contributed by atoms with Crippen LogP contribution in [0.2, 0.25) is 0 Å². The Morgan fingerprint density at radius 1 is 1.06 bits per heavy atom. The summed E-state index contributed by atoms with van der Waals surface area (Å²) in [5, 5.41) is 2.77. The number of nitrogens with zero attached hydrogens (tertiary/aromatic N) is 2. The first-order valence-electron chi connectivity index (χ1n) is 10.8. The van der Waals surface area contributed by atoms with E-state index in [-0.39, 0.29) is 23.0 Å². The fraction of sp³-hybridized carbons (Fsp3) is 0.292. The van der Waals surface area contributed by atoms with Gasteiger partial charge in [-0.3, -0.25) is 9.52 Å². The Bertz CT molecular complexity index is 1240. The van der Waals surface area contributed by atoms with Gasteiger partial charge in [-0.2, -0.15) is 0 Å². The van der Waals surface area contributed by atoms with Crippen LogP contribution < -0.4 is 14.8 Å². The van der Waals surface area contributed by atoms with E-state index in [0.717, 1.165) is 16.6 Å². The van der Waals surface area contributed by atoms with Crippen LogP contribution in [0.25, 0.3) is 0 Å². The first kappa shape index (κ1) is 25.6. The van der Waals surface area contributed by atoms with Gasteiger partial charge in [-0.25, -0.2) is 18.4 Å². The number of ether oxygens (including phenoxy) is 1. The van der Waals surface area contributed by atoms with Crippen LogP contribution in [0.1, 0.15) is 36.8 Å². The van der Waals surface area contributed by atoms with E-state index in [2.05, 4.69) is 42.9 Å². The van der Waals surface area contributed by atoms with Crippen molar-refractivity contribution in [1.29, 1.82) is 0 Å². The van der Waals surface area contributed by atoms with Crippen molar-refractivity contribution in [3.8, 4) is 5.75 Å². The molecule has 2 N–H and O–H groups in total. The third-order valence-corrected chi connectivity index (χ3v) is 6.85. The summed E-state index contributed by atoms with van der Waals surface area (Å²) in [4.78, 5) is 20.5. The number of halogens is 1. The highest BCUT2D eigenvalue weighted by molar-refractivity contribution is 9.10. The lowest BCUT2D eigenvalue weighted by Crippen LogP contribution is -2.15. The van der Waals surface area contributed by atoms with Crippen LogP contribution in [0.4, 0.5) is 11.5 Å². The molecule has 1 amide bonds. The summed E-state index contributed by atoms with van der Waals surface area (Å²) >= 11 is 3.50. The summed E-state index contributed by atoms with van der Waals surface area (Å²) in [5.41, 5.74) is 2.39. The Balaban J connectivity index is 1.49. The van der Waals surface area contributed by atoms with Crippen LogP contribution in [-0.2, 0) is 21.2 Å². The first-order valence-corrected chi connectivity index (χ1v) is 13.1. The van der Waals surface area contributed by atoms with Crippen LogP contribution in [-0.4, -0.2) is 30.9 Å². The van der Waals surface area contributed by atoms with Crippen LogP contribution in [0, 0.1) is 13.8 Å². The molecular weight excluding hydrogens is 520 g/mol. The molecule has 3 rings (SSSR count). The molecule has 10 heteroatoms. The molecule has 1 heterocycles. The molecule has 3 aromatic rings. The van der Waals surface area contributed by atoms with Gasteiger partial charge in [0.1, 0.15) is 17.4 Å². The zero-order valence-corrected chi connectivity index (χ0v) is 21.7. The molecule has 0 saturated heterocycles. The molecule has 0 unspecified atom stereocenters. The summed E-state index contributed by atoms with van der Waals surface area (Å²) in [6.45, 7) is 5.95. The average molecular weight is 547 g/mol. The molecule has 180 valence electrons. The maximum Gasteiger partial charge on any atom is 0.263 e. The van der Waals surface area contributed by atoms with Crippen molar-refractivity contribution in [3.63, 3.8) is 0 Å². The monoisotopic (exact) mass is 546 g/mol. The van der Waals surface area contributed by atoms with Crippen molar-refractivity contribution in [2.75, 3.05) is 16.6 Å². The summed E-state index contributed by atoms with van der Waals surface area (Å²) in [6.07, 6.45) is 1.77. The van der Waals surface area contributed by atoms with Gasteiger partial charge < -0.3 is 10.1 Å². The van der Waals surface area contributed by atoms with Gasteiger partial charge in [-0.1, -0.05) is 13.0 Å². The highest BCUT2D eigenvalue weighted by Crippen LogP contribution is 2.26. The summed E-state index contributed by atoms with van der Waals surface area (Å²) in [6, 6.07) is 13.5. The van der Waals surface area contributed by atoms with Gasteiger partial charge in [0.05, 0.1) is 16.0 Å². The number of benzene rings is 2. The third kappa shape index (κ3) is 7.26. The Morgan fingerprint density at radius 2 is 1.79 bits per heavy atom. The van der Waals surface area contributed by atoms with Crippen molar-refractivity contribution < 1.29 is 17.9 Å². The molecule has 0 aliphatic carbocycles. The molecule has 34 heavy (non-hydrogen) atoms. The fourth-order valence-corrected chi connectivity index (χ4v) is 4.74. The molecule has 0 bridgehead atoms. The second-order valence-electron chi connectivity index (χ2n) is 7.69. The highest BCUT2D eigenvalue weighted by Gasteiger charge is 2.16. The SMILES string of the molecule is CCc1ccc(OCCCC(=O)Nc2ccc(S(=O)(=O)Nc3cc(C)nc(C)n3)cc2)c(Br)c1. The number of carbonyl (C=O) groups is 1. The van der Waals surface area contributed by atoms with Crippen molar-refractivity contribution in [3.05, 3.63) is 70.1 Å². The predicted octanol–water partition coefficient (Wildman–Crippen LogP) is 5.02. The van der Waals surface area contributed by atoms with Crippen molar-refractivity contribution in [2.24, 2.45) is 0 Å². The number of carbonyl (C=O) groups excluding carboxylic acids is 1. The summed E-state index contributed by atoms with van der Waals surface area (Å²) in [5.74, 6) is 1.25. The largest absolute Gasteiger partial charge is 0.492 e. The Morgan fingerprint density at radius 3 is 2.44 bits per heavy atom. The molecule has 2 aromatic carbocycles. The van der Waals surface area contributed by atoms with Gasteiger partial charge in [0.25, 0.3) is 10.0 Å². The van der Waals surface area contributed by atoms with E-state index >= 15 is 0 Å². The van der Waals surface area contributed by atoms with E-state index in [4.69, 9.17) is 4.74 Å². The zero-order valence-electron chi connectivity index (χ0n) is 19.3. The van der Waals surface area contributed by atoms with Gasteiger partial charge in [0.15, 0.2) is 0 Å². The topological polar surface area (TPSA) is 110 Å². The predicted molar refractivity (Wildman–Crippen MR) is 136 cm³/mol. The average Bonchev–Trinajstić information content (AvgIpc) is 2.77. The number of amides is 1. The molecule has 1 aromatic heterocycles. The van der Waals surface area contributed by atoms with Crippen molar-refractivity contribution >= 4 is 43.4 Å². The molecule has 0 saturated carbocycles. The first-order chi connectivity index (χ1) is 16.2. The number of sulfonamides is 1. The molecule has 0 fully saturated rings. The maximum absolute atomic E-state index is 12.6. The maximum atomic E-state index is 12.6. The van der Waals surface area contributed by atoms with E-state index in [1.165, 1.54) is 17.7 Å². The minimum absolute atomic E-state index is 0.0625. The van der Waals surface area contributed by atoms with Crippen LogP contribution in [0.3, 0.4) is 0 Å². The van der Waals surface area contributed by atoms with E-state index in [9.17, 15) is 13.2 Å². The number of aromatic nitrogens is 2. The quantitative estimate of drug-likeness (QED) is 0.345. The lowest BCUT2D eigenvalue weighted by molar-refractivity contribution is -0.116. The van der Waals surface area contributed by atoms with Gasteiger partial charge in [0.2, 0.25) is 5.91 Å². The lowest BCUT2D eigenvalue weighted by Gasteiger charge is -2.11. The fourth-order valence-electron chi connectivity index (χ4n) is 3.20. The van der Waals surface area contributed by atoms with E-state index < -0.39 is 10.0 Å². The normalized spacial score (nSPS) is 11.2.